The van der Waals surface area contributed by atoms with Crippen molar-refractivity contribution in [2.24, 2.45) is 0 Å². The van der Waals surface area contributed by atoms with Crippen LogP contribution in [0.1, 0.15) is 0 Å². The maximum Gasteiger partial charge on any atom is 0.0351 e. The van der Waals surface area contributed by atoms with E-state index in [0.29, 0.717) is 0 Å². The van der Waals surface area contributed by atoms with E-state index in [1.54, 1.807) is 0 Å². The van der Waals surface area contributed by atoms with Gasteiger partial charge >= 0.3 is 0 Å². The molecule has 0 spiro atoms. The minimum Gasteiger partial charge on any atom is -0.264 e. The molecular formula is C17H35NP6S4. The highest BCUT2D eigenvalue weighted by Crippen LogP contribution is 2.62. The Morgan fingerprint density at radius 1 is 0.643 bits per heavy atom. The second-order valence-corrected chi connectivity index (χ2v) is 41.4. The van der Waals surface area contributed by atoms with E-state index in [9.17, 15) is 0 Å². The predicted molar refractivity (Wildman–Crippen MR) is 161 cm³/mol. The van der Waals surface area contributed by atoms with Crippen LogP contribution in [-0.2, 0) is 47.2 Å². The van der Waals surface area contributed by atoms with Crippen LogP contribution in [0.5, 0.6) is 0 Å². The van der Waals surface area contributed by atoms with Crippen molar-refractivity contribution in [2.75, 3.05) is 76.9 Å². The zero-order valence-electron chi connectivity index (χ0n) is 18.3. The molecule has 0 saturated heterocycles. The number of hydrogen-bond acceptors (Lipinski definition) is 5. The fourth-order valence-electron chi connectivity index (χ4n) is 2.93. The van der Waals surface area contributed by atoms with Crippen molar-refractivity contribution >= 4 is 97.8 Å². The highest BCUT2D eigenvalue weighted by molar-refractivity contribution is 8.21. The Labute approximate surface area is 197 Å². The topological polar surface area (TPSA) is 12.9 Å². The fourth-order valence-corrected chi connectivity index (χ4v) is 28.0. The highest BCUT2D eigenvalue weighted by Gasteiger charge is 2.27. The average molecular weight is 568 g/mol. The summed E-state index contributed by atoms with van der Waals surface area (Å²) in [5.41, 5.74) is 0. The Hall–Kier alpha value is 2.61. The van der Waals surface area contributed by atoms with E-state index >= 15 is 0 Å². The van der Waals surface area contributed by atoms with E-state index in [-0.39, 0.29) is 15.8 Å². The molecular weight excluding hydrogens is 532 g/mol. The summed E-state index contributed by atoms with van der Waals surface area (Å²) in [5, 5.41) is 2.98. The van der Waals surface area contributed by atoms with Crippen molar-refractivity contribution in [3.63, 3.8) is 0 Å². The van der Waals surface area contributed by atoms with Gasteiger partial charge in [-0.05, 0) is 88.8 Å². The average Bonchev–Trinajstić information content (AvgIpc) is 2.39. The van der Waals surface area contributed by atoms with Gasteiger partial charge < -0.3 is 0 Å². The van der Waals surface area contributed by atoms with Crippen LogP contribution in [0.15, 0.2) is 18.5 Å². The number of hydrogen-bond donors (Lipinski definition) is 0. The quantitative estimate of drug-likeness (QED) is 0.317. The Morgan fingerprint density at radius 3 is 1.29 bits per heavy atom. The van der Waals surface area contributed by atoms with Gasteiger partial charge in [-0.2, -0.15) is 0 Å². The van der Waals surface area contributed by atoms with Crippen molar-refractivity contribution in [2.45, 2.75) is 0 Å². The number of rotatable bonds is 10. The molecule has 11 heteroatoms. The van der Waals surface area contributed by atoms with Gasteiger partial charge in [-0.1, -0.05) is 63.1 Å². The Morgan fingerprint density at radius 2 is 0.964 bits per heavy atom. The fraction of sp³-hybridized carbons (Fsp3) is 0.706. The summed E-state index contributed by atoms with van der Waals surface area (Å²) >= 11 is 23.6. The summed E-state index contributed by atoms with van der Waals surface area (Å²) in [7, 11) is -0.712. The van der Waals surface area contributed by atoms with Crippen LogP contribution in [0.2, 0.25) is 0 Å². The Balaban J connectivity index is 3.53. The lowest BCUT2D eigenvalue weighted by molar-refractivity contribution is 1.36. The van der Waals surface area contributed by atoms with E-state index in [0.717, 1.165) is 23.6 Å². The number of nitrogens with zero attached hydrogens (tertiary/aromatic N) is 1. The molecule has 0 fully saturated rings. The molecule has 0 N–H and O–H groups in total. The third-order valence-corrected chi connectivity index (χ3v) is 26.3. The summed E-state index contributed by atoms with van der Waals surface area (Å²) in [4.78, 5) is 4.55. The van der Waals surface area contributed by atoms with Crippen molar-refractivity contribution in [3.8, 4) is 0 Å². The SMILES string of the molecule is CP(C)(=S)CP(CP(C)(C)=S)c1ccncc1P(CP(C)(C)=S)CP(C)(C)=S. The normalized spacial score (nSPS) is 14.1. The van der Waals surface area contributed by atoms with Gasteiger partial charge in [0.05, 0.1) is 0 Å². The van der Waals surface area contributed by atoms with Crippen LogP contribution in [0.3, 0.4) is 0 Å². The third-order valence-electron chi connectivity index (χ3n) is 3.50. The molecule has 0 aromatic carbocycles. The van der Waals surface area contributed by atoms with Crippen LogP contribution in [0.4, 0.5) is 0 Å². The van der Waals surface area contributed by atoms with E-state index in [4.69, 9.17) is 47.2 Å². The molecule has 1 aromatic heterocycles. The van der Waals surface area contributed by atoms with Crippen LogP contribution < -0.4 is 10.6 Å². The molecule has 0 aliphatic carbocycles. The minimum absolute atomic E-state index is 0.345. The summed E-state index contributed by atoms with van der Waals surface area (Å²) in [5.74, 6) is 4.57. The van der Waals surface area contributed by atoms with Crippen LogP contribution in [0.25, 0.3) is 0 Å². The largest absolute Gasteiger partial charge is 0.264 e. The van der Waals surface area contributed by atoms with E-state index in [1.165, 1.54) is 10.6 Å². The molecule has 0 saturated carbocycles. The molecule has 1 aromatic rings. The van der Waals surface area contributed by atoms with Crippen molar-refractivity contribution in [1.82, 2.24) is 4.98 Å². The maximum absolute atomic E-state index is 5.91. The summed E-state index contributed by atoms with van der Waals surface area (Å²) < 4.78 is 0. The molecule has 1 rings (SSSR count). The maximum atomic E-state index is 5.91. The van der Waals surface area contributed by atoms with Gasteiger partial charge in [0.1, 0.15) is 0 Å². The zero-order chi connectivity index (χ0) is 22.0. The summed E-state index contributed by atoms with van der Waals surface area (Å²) in [6, 6.07) is -2.99. The standard InChI is InChI=1S/C17H35NP6S4/c1-21(2,25)12-19(13-22(3,4)26)16-9-10-18-11-17(16)20(14-23(5,6)27)15-24(7,8)28/h9-11H,12-15H2,1-8H3. The Kier molecular flexibility index (Phi) is 11.4. The Bertz CT molecular complexity index is 743. The lowest BCUT2D eigenvalue weighted by Gasteiger charge is -2.31. The molecule has 0 radical (unpaired) electrons. The zero-order valence-corrected chi connectivity index (χ0v) is 27.0. The van der Waals surface area contributed by atoms with Crippen LogP contribution >= 0.6 is 40.0 Å². The van der Waals surface area contributed by atoms with Crippen LogP contribution in [0, 0.1) is 0 Å². The monoisotopic (exact) mass is 567 g/mol. The molecule has 0 aliphatic heterocycles. The third kappa shape index (κ3) is 12.6. The van der Waals surface area contributed by atoms with Crippen molar-refractivity contribution in [3.05, 3.63) is 18.5 Å². The first kappa shape index (κ1) is 28.6. The van der Waals surface area contributed by atoms with Crippen LogP contribution in [-0.4, -0.2) is 81.9 Å². The van der Waals surface area contributed by atoms with Gasteiger partial charge in [0.15, 0.2) is 0 Å². The second-order valence-electron chi connectivity index (χ2n) is 9.31. The second kappa shape index (κ2) is 11.2. The molecule has 28 heavy (non-hydrogen) atoms. The number of aromatic nitrogens is 1. The lowest BCUT2D eigenvalue weighted by atomic mass is 10.5. The van der Waals surface area contributed by atoms with Gasteiger partial charge in [0.25, 0.3) is 0 Å². The van der Waals surface area contributed by atoms with Gasteiger partial charge in [-0.25, -0.2) is 0 Å². The van der Waals surface area contributed by atoms with Crippen molar-refractivity contribution in [1.29, 1.82) is 0 Å². The summed E-state index contributed by atoms with van der Waals surface area (Å²) in [6.07, 6.45) is 4.10. The molecule has 0 unspecified atom stereocenters. The predicted octanol–water partition coefficient (Wildman–Crippen LogP) is 6.08. The first-order chi connectivity index (χ1) is 12.4. The minimum atomic E-state index is -1.32. The van der Waals surface area contributed by atoms with Gasteiger partial charge in [0.2, 0.25) is 0 Å². The molecule has 1 nitrogen and oxygen atoms in total. The lowest BCUT2D eigenvalue weighted by Crippen LogP contribution is -2.26. The summed E-state index contributed by atoms with van der Waals surface area (Å²) in [6.45, 7) is 18.3. The van der Waals surface area contributed by atoms with E-state index in [1.807, 2.05) is 6.20 Å². The molecule has 162 valence electrons. The van der Waals surface area contributed by atoms with Crippen molar-refractivity contribution < 1.29 is 0 Å². The van der Waals surface area contributed by atoms with Gasteiger partial charge in [0, 0.05) is 41.3 Å². The van der Waals surface area contributed by atoms with E-state index in [2.05, 4.69) is 70.6 Å². The molecule has 0 bridgehead atoms. The van der Waals surface area contributed by atoms with Gasteiger partial charge in [-0.3, -0.25) is 4.98 Å². The smallest absolute Gasteiger partial charge is 0.0351 e. The highest BCUT2D eigenvalue weighted by atomic mass is 32.5. The molecule has 0 atom stereocenters. The molecule has 1 heterocycles. The molecule has 0 aliphatic rings. The number of pyridine rings is 1. The van der Waals surface area contributed by atoms with Gasteiger partial charge in [-0.15, -0.1) is 0 Å². The first-order valence-corrected chi connectivity index (χ1v) is 27.9. The molecule has 0 amide bonds. The first-order valence-electron chi connectivity index (χ1n) is 8.96. The van der Waals surface area contributed by atoms with E-state index < -0.39 is 24.2 Å².